The predicted octanol–water partition coefficient (Wildman–Crippen LogP) is 6.19. The largest absolute Gasteiger partial charge is 0.481 e. The highest BCUT2D eigenvalue weighted by molar-refractivity contribution is 7.19. The van der Waals surface area contributed by atoms with Crippen molar-refractivity contribution in [1.82, 2.24) is 5.32 Å². The summed E-state index contributed by atoms with van der Waals surface area (Å²) in [5.74, 6) is -0.740. The topological polar surface area (TPSA) is 49.3 Å². The molecule has 0 aliphatic carbocycles. The van der Waals surface area contributed by atoms with E-state index in [1.807, 2.05) is 6.07 Å². The van der Waals surface area contributed by atoms with Crippen molar-refractivity contribution >= 4 is 27.4 Å². The van der Waals surface area contributed by atoms with Gasteiger partial charge in [-0.1, -0.05) is 66.7 Å². The Morgan fingerprint density at radius 3 is 2.45 bits per heavy atom. The molecule has 4 rings (SSSR count). The maximum atomic E-state index is 10.6. The maximum Gasteiger partial charge on any atom is 0.303 e. The smallest absolute Gasteiger partial charge is 0.303 e. The van der Waals surface area contributed by atoms with Crippen molar-refractivity contribution in [2.75, 3.05) is 6.54 Å². The Bertz CT molecular complexity index is 1120. The Balaban J connectivity index is 1.57. The molecule has 0 unspecified atom stereocenters. The summed E-state index contributed by atoms with van der Waals surface area (Å²) in [6.07, 6.45) is 0.860. The van der Waals surface area contributed by atoms with E-state index in [9.17, 15) is 4.79 Å². The fourth-order valence-corrected chi connectivity index (χ4v) is 4.67. The second-order valence-corrected chi connectivity index (χ2v) is 8.19. The van der Waals surface area contributed by atoms with Crippen LogP contribution in [0, 0.1) is 0 Å². The first-order valence-electron chi connectivity index (χ1n) is 9.80. The van der Waals surface area contributed by atoms with E-state index >= 15 is 0 Å². The minimum Gasteiger partial charge on any atom is -0.481 e. The number of aliphatic carboxylic acids is 1. The van der Waals surface area contributed by atoms with Crippen LogP contribution in [0.3, 0.4) is 0 Å². The van der Waals surface area contributed by atoms with Gasteiger partial charge in [0, 0.05) is 22.5 Å². The van der Waals surface area contributed by atoms with Crippen LogP contribution in [0.15, 0.2) is 78.9 Å². The second-order valence-electron chi connectivity index (χ2n) is 7.06. The summed E-state index contributed by atoms with van der Waals surface area (Å²) in [6.45, 7) is 1.48. The molecule has 146 valence electrons. The minimum absolute atomic E-state index is 0.210. The fraction of sp³-hybridized carbons (Fsp3) is 0.160. The van der Waals surface area contributed by atoms with E-state index in [2.05, 4.69) is 78.1 Å². The number of benzene rings is 3. The van der Waals surface area contributed by atoms with Crippen molar-refractivity contribution in [2.24, 2.45) is 0 Å². The van der Waals surface area contributed by atoms with Crippen LogP contribution in [0.25, 0.3) is 32.3 Å². The van der Waals surface area contributed by atoms with Crippen molar-refractivity contribution in [3.8, 4) is 22.3 Å². The van der Waals surface area contributed by atoms with E-state index < -0.39 is 5.97 Å². The first kappa shape index (κ1) is 19.4. The molecular weight excluding hydrogens is 378 g/mol. The average molecular weight is 402 g/mol. The summed E-state index contributed by atoms with van der Waals surface area (Å²) in [6, 6.07) is 27.8. The molecule has 0 radical (unpaired) electrons. The lowest BCUT2D eigenvalue weighted by atomic mass is 9.98. The Hall–Kier alpha value is -2.95. The van der Waals surface area contributed by atoms with E-state index in [0.717, 1.165) is 6.54 Å². The Kier molecular flexibility index (Phi) is 6.03. The Morgan fingerprint density at radius 2 is 1.62 bits per heavy atom. The number of nitrogens with one attached hydrogen (secondary N) is 1. The molecule has 3 nitrogen and oxygen atoms in total. The first-order valence-corrected chi connectivity index (χ1v) is 10.6. The minimum atomic E-state index is -0.740. The number of thiophene rings is 1. The zero-order valence-corrected chi connectivity index (χ0v) is 16.9. The van der Waals surface area contributed by atoms with Gasteiger partial charge >= 0.3 is 5.97 Å². The van der Waals surface area contributed by atoms with Gasteiger partial charge < -0.3 is 10.4 Å². The third-order valence-electron chi connectivity index (χ3n) is 4.92. The average Bonchev–Trinajstić information content (AvgIpc) is 3.17. The van der Waals surface area contributed by atoms with Crippen molar-refractivity contribution < 1.29 is 9.90 Å². The summed E-state index contributed by atoms with van der Waals surface area (Å²) < 4.78 is 1.29. The monoisotopic (exact) mass is 401 g/mol. The van der Waals surface area contributed by atoms with E-state index in [1.54, 1.807) is 11.3 Å². The van der Waals surface area contributed by atoms with E-state index in [-0.39, 0.29) is 6.42 Å². The molecular formula is C25H23NO2S. The summed E-state index contributed by atoms with van der Waals surface area (Å²) >= 11 is 1.81. The van der Waals surface area contributed by atoms with Crippen molar-refractivity contribution in [1.29, 1.82) is 0 Å². The molecule has 0 fully saturated rings. The lowest BCUT2D eigenvalue weighted by Gasteiger charge is -2.07. The number of fused-ring (bicyclic) bond motifs is 1. The van der Waals surface area contributed by atoms with Gasteiger partial charge in [0.2, 0.25) is 0 Å². The quantitative estimate of drug-likeness (QED) is 0.346. The highest BCUT2D eigenvalue weighted by atomic mass is 32.1. The lowest BCUT2D eigenvalue weighted by Crippen LogP contribution is -2.14. The van der Waals surface area contributed by atoms with Gasteiger partial charge in [0.25, 0.3) is 0 Å². The van der Waals surface area contributed by atoms with Crippen LogP contribution in [-0.4, -0.2) is 17.6 Å². The second kappa shape index (κ2) is 9.03. The van der Waals surface area contributed by atoms with Crippen LogP contribution in [0.5, 0.6) is 0 Å². The van der Waals surface area contributed by atoms with Gasteiger partial charge in [0.15, 0.2) is 0 Å². The van der Waals surface area contributed by atoms with Gasteiger partial charge in [-0.3, -0.25) is 4.79 Å². The number of hydrogen-bond acceptors (Lipinski definition) is 3. The van der Waals surface area contributed by atoms with Gasteiger partial charge in [0.05, 0.1) is 0 Å². The molecule has 4 aromatic rings. The normalized spacial score (nSPS) is 11.0. The van der Waals surface area contributed by atoms with Crippen LogP contribution >= 0.6 is 11.3 Å². The van der Waals surface area contributed by atoms with Gasteiger partial charge in [0.1, 0.15) is 0 Å². The Labute approximate surface area is 174 Å². The molecule has 0 atom stereocenters. The molecule has 0 saturated heterocycles. The summed E-state index contributed by atoms with van der Waals surface area (Å²) in [4.78, 5) is 11.9. The summed E-state index contributed by atoms with van der Waals surface area (Å²) in [7, 11) is 0. The zero-order chi connectivity index (χ0) is 20.1. The van der Waals surface area contributed by atoms with Crippen LogP contribution in [0.4, 0.5) is 0 Å². The predicted molar refractivity (Wildman–Crippen MR) is 121 cm³/mol. The van der Waals surface area contributed by atoms with Crippen LogP contribution in [-0.2, 0) is 11.3 Å². The molecule has 0 aliphatic rings. The molecule has 2 N–H and O–H groups in total. The molecule has 3 aromatic carbocycles. The highest BCUT2D eigenvalue weighted by Crippen LogP contribution is 2.36. The molecule has 0 bridgehead atoms. The number of rotatable bonds is 8. The standard InChI is InChI=1S/C25H23NO2S/c27-24(28)13-6-14-26-17-22-16-21-11-5-12-23(25(21)29-22)20-10-4-9-19(15-20)18-7-2-1-3-8-18/h1-5,7-12,15-16,26H,6,13-14,17H2,(H,27,28). The number of carbonyl (C=O) groups is 1. The van der Waals surface area contributed by atoms with Crippen molar-refractivity contribution in [3.63, 3.8) is 0 Å². The molecule has 4 heteroatoms. The van der Waals surface area contributed by atoms with Gasteiger partial charge in [-0.25, -0.2) is 0 Å². The molecule has 1 aromatic heterocycles. The maximum absolute atomic E-state index is 10.6. The van der Waals surface area contributed by atoms with E-state index in [0.29, 0.717) is 13.0 Å². The number of carboxylic acids is 1. The van der Waals surface area contributed by atoms with Crippen LogP contribution in [0.2, 0.25) is 0 Å². The third-order valence-corrected chi connectivity index (χ3v) is 6.10. The molecule has 0 amide bonds. The van der Waals surface area contributed by atoms with Gasteiger partial charge in [-0.2, -0.15) is 0 Å². The fourth-order valence-electron chi connectivity index (χ4n) is 3.50. The summed E-state index contributed by atoms with van der Waals surface area (Å²) in [5, 5.41) is 13.3. The first-order chi connectivity index (χ1) is 14.2. The highest BCUT2D eigenvalue weighted by Gasteiger charge is 2.09. The molecule has 0 saturated carbocycles. The third kappa shape index (κ3) is 4.73. The zero-order valence-electron chi connectivity index (χ0n) is 16.1. The van der Waals surface area contributed by atoms with Gasteiger partial charge in [-0.15, -0.1) is 11.3 Å². The van der Waals surface area contributed by atoms with Gasteiger partial charge in [-0.05, 0) is 52.7 Å². The van der Waals surface area contributed by atoms with Crippen LogP contribution in [0.1, 0.15) is 17.7 Å². The number of hydrogen-bond donors (Lipinski definition) is 2. The molecule has 0 spiro atoms. The molecule has 0 aliphatic heterocycles. The molecule has 1 heterocycles. The van der Waals surface area contributed by atoms with E-state index in [4.69, 9.17) is 5.11 Å². The molecule has 29 heavy (non-hydrogen) atoms. The van der Waals surface area contributed by atoms with Crippen LogP contribution < -0.4 is 5.32 Å². The SMILES string of the molecule is O=C(O)CCCNCc1cc2cccc(-c3cccc(-c4ccccc4)c3)c2s1. The number of carboxylic acid groups (broad SMARTS) is 1. The Morgan fingerprint density at radius 1 is 0.862 bits per heavy atom. The van der Waals surface area contributed by atoms with Crippen molar-refractivity contribution in [2.45, 2.75) is 19.4 Å². The van der Waals surface area contributed by atoms with Crippen molar-refractivity contribution in [3.05, 3.63) is 83.7 Å². The van der Waals surface area contributed by atoms with E-state index in [1.165, 1.54) is 37.2 Å². The lowest BCUT2D eigenvalue weighted by molar-refractivity contribution is -0.137. The summed E-state index contributed by atoms with van der Waals surface area (Å²) in [5.41, 5.74) is 4.91.